The molecule has 3 saturated heterocycles. The van der Waals surface area contributed by atoms with E-state index in [9.17, 15) is 9.18 Å². The first-order chi connectivity index (χ1) is 11.6. The second kappa shape index (κ2) is 5.16. The Balaban J connectivity index is 1.44. The Morgan fingerprint density at radius 1 is 1.33 bits per heavy atom. The first-order valence-corrected chi connectivity index (χ1v) is 9.71. The minimum absolute atomic E-state index is 0.0438. The van der Waals surface area contributed by atoms with Gasteiger partial charge in [-0.15, -0.1) is 11.3 Å². The van der Waals surface area contributed by atoms with Crippen molar-refractivity contribution < 1.29 is 9.18 Å². The molecule has 1 aromatic carbocycles. The highest BCUT2D eigenvalue weighted by atomic mass is 35.5. The van der Waals surface area contributed by atoms with Crippen molar-refractivity contribution in [3.63, 3.8) is 0 Å². The van der Waals surface area contributed by atoms with Crippen molar-refractivity contribution in [3.05, 3.63) is 33.9 Å². The van der Waals surface area contributed by atoms with Gasteiger partial charge in [0.15, 0.2) is 0 Å². The van der Waals surface area contributed by atoms with Gasteiger partial charge in [-0.2, -0.15) is 0 Å². The van der Waals surface area contributed by atoms with Gasteiger partial charge >= 0.3 is 0 Å². The molecule has 6 rings (SSSR count). The van der Waals surface area contributed by atoms with E-state index in [-0.39, 0.29) is 22.5 Å². The molecule has 4 fully saturated rings. The van der Waals surface area contributed by atoms with E-state index in [2.05, 4.69) is 10.2 Å². The molecule has 126 valence electrons. The topological polar surface area (TPSA) is 32.3 Å². The SMILES string of the molecule is O=C(NC1C2CCN(CC2)C12CC2)c1cc2ccc(F)c(Cl)c2s1. The highest BCUT2D eigenvalue weighted by Gasteiger charge is 2.60. The van der Waals surface area contributed by atoms with Crippen LogP contribution in [0.25, 0.3) is 10.1 Å². The zero-order chi connectivity index (χ0) is 16.5. The van der Waals surface area contributed by atoms with Crippen LogP contribution in [-0.2, 0) is 0 Å². The van der Waals surface area contributed by atoms with Crippen LogP contribution in [-0.4, -0.2) is 35.5 Å². The predicted octanol–water partition coefficient (Wildman–Crippen LogP) is 4.05. The van der Waals surface area contributed by atoms with E-state index in [1.807, 2.05) is 6.07 Å². The third kappa shape index (κ3) is 2.07. The smallest absolute Gasteiger partial charge is 0.261 e. The molecule has 24 heavy (non-hydrogen) atoms. The summed E-state index contributed by atoms with van der Waals surface area (Å²) in [5, 5.41) is 4.24. The standard InChI is InChI=1S/C18H18ClFN2OS/c19-14-12(20)2-1-11-9-13(24-15(11)14)17(23)21-16-10-3-7-22(8-4-10)18(16)5-6-18/h1-2,9-10,16H,3-8H2,(H,21,23). The Morgan fingerprint density at radius 3 is 2.79 bits per heavy atom. The number of nitrogens with one attached hydrogen (secondary N) is 1. The van der Waals surface area contributed by atoms with Crippen LogP contribution in [0, 0.1) is 11.7 Å². The molecule has 3 nitrogen and oxygen atoms in total. The number of carbonyl (C=O) groups is 1. The van der Waals surface area contributed by atoms with Crippen molar-refractivity contribution in [2.24, 2.45) is 5.92 Å². The minimum atomic E-state index is -0.438. The van der Waals surface area contributed by atoms with E-state index in [1.54, 1.807) is 6.07 Å². The van der Waals surface area contributed by atoms with Crippen LogP contribution in [0.2, 0.25) is 5.02 Å². The average molecular weight is 365 g/mol. The van der Waals surface area contributed by atoms with Gasteiger partial charge in [-0.3, -0.25) is 9.69 Å². The summed E-state index contributed by atoms with van der Waals surface area (Å²) in [7, 11) is 0. The Labute approximate surface area is 148 Å². The Kier molecular flexibility index (Phi) is 3.25. The molecule has 3 aliphatic heterocycles. The number of halogens is 2. The number of hydrogen-bond acceptors (Lipinski definition) is 3. The van der Waals surface area contributed by atoms with Crippen molar-refractivity contribution in [3.8, 4) is 0 Å². The molecule has 0 radical (unpaired) electrons. The summed E-state index contributed by atoms with van der Waals surface area (Å²) in [6.07, 6.45) is 4.74. The van der Waals surface area contributed by atoms with Gasteiger partial charge in [-0.25, -0.2) is 4.39 Å². The first-order valence-electron chi connectivity index (χ1n) is 8.52. The van der Waals surface area contributed by atoms with E-state index < -0.39 is 5.82 Å². The Morgan fingerprint density at radius 2 is 2.08 bits per heavy atom. The van der Waals surface area contributed by atoms with E-state index in [1.165, 1.54) is 56.2 Å². The molecule has 1 atom stereocenters. The van der Waals surface area contributed by atoms with Gasteiger partial charge in [0.2, 0.25) is 0 Å². The molecule has 1 aromatic heterocycles. The quantitative estimate of drug-likeness (QED) is 0.871. The van der Waals surface area contributed by atoms with Crippen LogP contribution >= 0.6 is 22.9 Å². The maximum absolute atomic E-state index is 13.6. The van der Waals surface area contributed by atoms with Crippen LogP contribution < -0.4 is 5.32 Å². The van der Waals surface area contributed by atoms with Gasteiger partial charge in [0.1, 0.15) is 5.82 Å². The summed E-state index contributed by atoms with van der Waals surface area (Å²) in [6, 6.07) is 5.11. The number of rotatable bonds is 2. The fourth-order valence-electron chi connectivity index (χ4n) is 4.69. The van der Waals surface area contributed by atoms with E-state index >= 15 is 0 Å². The average Bonchev–Trinajstić information content (AvgIpc) is 3.24. The fourth-order valence-corrected chi connectivity index (χ4v) is 5.97. The lowest BCUT2D eigenvalue weighted by Crippen LogP contribution is -2.65. The van der Waals surface area contributed by atoms with Crippen LogP contribution in [0.5, 0.6) is 0 Å². The van der Waals surface area contributed by atoms with Crippen molar-refractivity contribution in [1.29, 1.82) is 0 Å². The van der Waals surface area contributed by atoms with Gasteiger partial charge in [0.05, 0.1) is 20.6 Å². The summed E-state index contributed by atoms with van der Waals surface area (Å²) in [4.78, 5) is 16.0. The fraction of sp³-hybridized carbons (Fsp3) is 0.500. The number of piperidine rings is 3. The largest absolute Gasteiger partial charge is 0.346 e. The molecule has 1 aliphatic carbocycles. The van der Waals surface area contributed by atoms with Gasteiger partial charge in [-0.1, -0.05) is 17.7 Å². The first kappa shape index (κ1) is 15.1. The molecular formula is C18H18ClFN2OS. The third-order valence-electron chi connectivity index (χ3n) is 6.07. The number of carbonyl (C=O) groups excluding carboxylic acids is 1. The molecule has 2 aromatic rings. The molecule has 4 heterocycles. The molecule has 1 amide bonds. The molecule has 4 aliphatic rings. The molecule has 1 saturated carbocycles. The zero-order valence-corrected chi connectivity index (χ0v) is 14.7. The van der Waals surface area contributed by atoms with Crippen molar-refractivity contribution in [2.75, 3.05) is 13.1 Å². The van der Waals surface area contributed by atoms with Crippen molar-refractivity contribution in [2.45, 2.75) is 37.3 Å². The van der Waals surface area contributed by atoms with Gasteiger partial charge < -0.3 is 5.32 Å². The summed E-state index contributed by atoms with van der Waals surface area (Å²) in [6.45, 7) is 2.35. The summed E-state index contributed by atoms with van der Waals surface area (Å²) < 4.78 is 14.3. The maximum atomic E-state index is 13.6. The van der Waals surface area contributed by atoms with Gasteiger partial charge in [-0.05, 0) is 62.2 Å². The van der Waals surface area contributed by atoms with E-state index in [0.29, 0.717) is 15.5 Å². The summed E-state index contributed by atoms with van der Waals surface area (Å²) >= 11 is 7.32. The molecule has 1 N–H and O–H groups in total. The molecular weight excluding hydrogens is 347 g/mol. The van der Waals surface area contributed by atoms with Gasteiger partial charge in [0.25, 0.3) is 5.91 Å². The summed E-state index contributed by atoms with van der Waals surface area (Å²) in [5.41, 5.74) is 0.220. The lowest BCUT2D eigenvalue weighted by molar-refractivity contribution is -0.00138. The number of fused-ring (bicyclic) bond motifs is 3. The normalized spacial score (nSPS) is 30.0. The lowest BCUT2D eigenvalue weighted by Gasteiger charge is -2.52. The minimum Gasteiger partial charge on any atom is -0.346 e. The third-order valence-corrected chi connectivity index (χ3v) is 7.72. The summed E-state index contributed by atoms with van der Waals surface area (Å²) in [5.74, 6) is 0.113. The zero-order valence-electron chi connectivity index (χ0n) is 13.1. The number of nitrogens with zero attached hydrogens (tertiary/aromatic N) is 1. The highest BCUT2D eigenvalue weighted by molar-refractivity contribution is 7.21. The van der Waals surface area contributed by atoms with E-state index in [4.69, 9.17) is 11.6 Å². The lowest BCUT2D eigenvalue weighted by atomic mass is 9.77. The molecule has 6 heteroatoms. The van der Waals surface area contributed by atoms with Crippen molar-refractivity contribution >= 4 is 38.9 Å². The predicted molar refractivity (Wildman–Crippen MR) is 94.3 cm³/mol. The number of amides is 1. The number of thiophene rings is 1. The monoisotopic (exact) mass is 364 g/mol. The second-order valence-electron chi connectivity index (χ2n) is 7.27. The number of benzene rings is 1. The van der Waals surface area contributed by atoms with Crippen LogP contribution in [0.3, 0.4) is 0 Å². The van der Waals surface area contributed by atoms with Crippen LogP contribution in [0.15, 0.2) is 18.2 Å². The van der Waals surface area contributed by atoms with Gasteiger partial charge in [0, 0.05) is 5.54 Å². The maximum Gasteiger partial charge on any atom is 0.261 e. The van der Waals surface area contributed by atoms with Crippen LogP contribution in [0.1, 0.15) is 35.4 Å². The Bertz CT molecular complexity index is 839. The second-order valence-corrected chi connectivity index (χ2v) is 8.70. The molecule has 1 spiro atoms. The Hall–Kier alpha value is -1.17. The van der Waals surface area contributed by atoms with Crippen LogP contribution in [0.4, 0.5) is 4.39 Å². The number of hydrogen-bond donors (Lipinski definition) is 1. The highest BCUT2D eigenvalue weighted by Crippen LogP contribution is 2.53. The molecule has 2 bridgehead atoms. The molecule has 1 unspecified atom stereocenters. The van der Waals surface area contributed by atoms with Crippen molar-refractivity contribution in [1.82, 2.24) is 10.2 Å². The van der Waals surface area contributed by atoms with E-state index in [0.717, 1.165) is 5.39 Å².